The highest BCUT2D eigenvalue weighted by molar-refractivity contribution is 7.90. The largest absolute Gasteiger partial charge is 0.466 e. The highest BCUT2D eigenvalue weighted by Gasteiger charge is 2.27. The molecule has 0 unspecified atom stereocenters. The van der Waals surface area contributed by atoms with Gasteiger partial charge in [-0.25, -0.2) is 31.7 Å². The predicted molar refractivity (Wildman–Crippen MR) is 145 cm³/mol. The molecule has 0 bridgehead atoms. The predicted octanol–water partition coefficient (Wildman–Crippen LogP) is 5.55. The number of aryl methyl sites for hydroxylation is 1. The van der Waals surface area contributed by atoms with E-state index in [2.05, 4.69) is 9.97 Å². The number of ether oxygens (including phenoxy) is 1. The SMILES string of the molecule is CCOC(=O)[C@@H](C)[C@H](C)n1cc(Cl)c2cnc(-c3cn(S(=O)(=O)c4ccc(C)cc4)c4ncc(F)cc34)nc21. The van der Waals surface area contributed by atoms with E-state index in [9.17, 15) is 17.6 Å². The maximum Gasteiger partial charge on any atom is 0.310 e. The van der Waals surface area contributed by atoms with Crippen molar-refractivity contribution in [3.63, 3.8) is 0 Å². The molecular formula is C27H25ClFN5O4S. The molecule has 0 aliphatic rings. The lowest BCUT2D eigenvalue weighted by Crippen LogP contribution is -2.24. The van der Waals surface area contributed by atoms with Crippen LogP contribution in [-0.2, 0) is 19.6 Å². The number of aromatic nitrogens is 5. The quantitative estimate of drug-likeness (QED) is 0.236. The van der Waals surface area contributed by atoms with Gasteiger partial charge in [0, 0.05) is 35.6 Å². The van der Waals surface area contributed by atoms with Crippen molar-refractivity contribution in [3.8, 4) is 11.4 Å². The summed E-state index contributed by atoms with van der Waals surface area (Å²) in [5.41, 5.74) is 1.64. The monoisotopic (exact) mass is 569 g/mol. The Morgan fingerprint density at radius 1 is 1.08 bits per heavy atom. The number of esters is 1. The molecule has 202 valence electrons. The summed E-state index contributed by atoms with van der Waals surface area (Å²) in [4.78, 5) is 25.6. The summed E-state index contributed by atoms with van der Waals surface area (Å²) in [6, 6.07) is 7.22. The van der Waals surface area contributed by atoms with Gasteiger partial charge in [-0.1, -0.05) is 29.3 Å². The molecule has 39 heavy (non-hydrogen) atoms. The number of carbonyl (C=O) groups is 1. The smallest absolute Gasteiger partial charge is 0.310 e. The van der Waals surface area contributed by atoms with Crippen LogP contribution in [0.4, 0.5) is 4.39 Å². The van der Waals surface area contributed by atoms with Crippen molar-refractivity contribution in [1.29, 1.82) is 0 Å². The molecule has 0 saturated carbocycles. The normalized spacial score (nSPS) is 13.6. The molecule has 0 aliphatic carbocycles. The van der Waals surface area contributed by atoms with Gasteiger partial charge in [0.15, 0.2) is 11.5 Å². The first-order chi connectivity index (χ1) is 18.5. The summed E-state index contributed by atoms with van der Waals surface area (Å²) < 4.78 is 49.4. The number of hydrogen-bond donors (Lipinski definition) is 0. The van der Waals surface area contributed by atoms with E-state index >= 15 is 0 Å². The lowest BCUT2D eigenvalue weighted by Gasteiger charge is -2.20. The van der Waals surface area contributed by atoms with Gasteiger partial charge in [-0.15, -0.1) is 0 Å². The van der Waals surface area contributed by atoms with Crippen LogP contribution in [0.5, 0.6) is 0 Å². The van der Waals surface area contributed by atoms with Crippen molar-refractivity contribution in [1.82, 2.24) is 23.5 Å². The standard InChI is InChI=1S/C27H25ClFN5O4S/c1-5-38-27(35)16(3)17(4)33-14-23(28)21-12-30-24(32-26(21)33)22-13-34(25-20(22)10-18(29)11-31-25)39(36,37)19-8-6-15(2)7-9-19/h6-14,16-17H,5H2,1-4H3/t16-,17-/m0/s1. The molecule has 1 aromatic carbocycles. The van der Waals surface area contributed by atoms with Crippen molar-refractivity contribution in [2.24, 2.45) is 5.92 Å². The van der Waals surface area contributed by atoms with Gasteiger partial charge in [-0.2, -0.15) is 0 Å². The average molecular weight is 570 g/mol. The molecule has 0 amide bonds. The third-order valence-corrected chi connectivity index (χ3v) is 8.71. The Bertz CT molecular complexity index is 1830. The first-order valence-electron chi connectivity index (χ1n) is 12.2. The molecule has 0 N–H and O–H groups in total. The molecule has 2 atom stereocenters. The van der Waals surface area contributed by atoms with Gasteiger partial charge in [0.2, 0.25) is 0 Å². The molecule has 4 aromatic heterocycles. The summed E-state index contributed by atoms with van der Waals surface area (Å²) in [5.74, 6) is -1.36. The minimum Gasteiger partial charge on any atom is -0.466 e. The van der Waals surface area contributed by atoms with E-state index in [1.807, 2.05) is 13.8 Å². The Morgan fingerprint density at radius 2 is 1.79 bits per heavy atom. The van der Waals surface area contributed by atoms with Crippen molar-refractivity contribution in [2.45, 2.75) is 38.6 Å². The van der Waals surface area contributed by atoms with Gasteiger partial charge in [-0.05, 0) is 45.9 Å². The number of carbonyl (C=O) groups excluding carboxylic acids is 1. The summed E-state index contributed by atoms with van der Waals surface area (Å²) in [6.07, 6.45) is 5.48. The molecule has 0 spiro atoms. The van der Waals surface area contributed by atoms with E-state index in [1.165, 1.54) is 30.6 Å². The van der Waals surface area contributed by atoms with Crippen molar-refractivity contribution < 1.29 is 22.3 Å². The molecule has 5 aromatic rings. The van der Waals surface area contributed by atoms with Crippen LogP contribution in [0.15, 0.2) is 60.0 Å². The second kappa shape index (κ2) is 10.0. The number of pyridine rings is 1. The van der Waals surface area contributed by atoms with Crippen LogP contribution in [0.3, 0.4) is 0 Å². The highest BCUT2D eigenvalue weighted by atomic mass is 35.5. The number of hydrogen-bond acceptors (Lipinski definition) is 7. The summed E-state index contributed by atoms with van der Waals surface area (Å²) in [6.45, 7) is 7.45. The average Bonchev–Trinajstić information content (AvgIpc) is 3.46. The maximum atomic E-state index is 14.3. The maximum absolute atomic E-state index is 14.3. The van der Waals surface area contributed by atoms with Crippen LogP contribution in [0.1, 0.15) is 32.4 Å². The zero-order chi connectivity index (χ0) is 28.1. The first kappa shape index (κ1) is 26.8. The zero-order valence-electron chi connectivity index (χ0n) is 21.6. The lowest BCUT2D eigenvalue weighted by molar-refractivity contribution is -0.148. The Labute approximate surface area is 229 Å². The van der Waals surface area contributed by atoms with Gasteiger partial charge in [0.25, 0.3) is 10.0 Å². The lowest BCUT2D eigenvalue weighted by atomic mass is 10.0. The van der Waals surface area contributed by atoms with Crippen LogP contribution in [0.25, 0.3) is 33.5 Å². The van der Waals surface area contributed by atoms with Crippen LogP contribution >= 0.6 is 11.6 Å². The van der Waals surface area contributed by atoms with Gasteiger partial charge in [0.1, 0.15) is 11.5 Å². The van der Waals surface area contributed by atoms with E-state index in [4.69, 9.17) is 21.3 Å². The second-order valence-electron chi connectivity index (χ2n) is 9.28. The topological polar surface area (TPSA) is 109 Å². The second-order valence-corrected chi connectivity index (χ2v) is 11.5. The Morgan fingerprint density at radius 3 is 2.49 bits per heavy atom. The van der Waals surface area contributed by atoms with E-state index in [0.29, 0.717) is 16.1 Å². The summed E-state index contributed by atoms with van der Waals surface area (Å²) in [5, 5.41) is 1.15. The van der Waals surface area contributed by atoms with Crippen LogP contribution in [-0.4, -0.2) is 44.5 Å². The molecular weight excluding hydrogens is 545 g/mol. The minimum absolute atomic E-state index is 0.0355. The molecule has 12 heteroatoms. The number of fused-ring (bicyclic) bond motifs is 2. The van der Waals surface area contributed by atoms with Crippen LogP contribution in [0.2, 0.25) is 5.02 Å². The molecule has 4 heterocycles. The number of halogens is 2. The van der Waals surface area contributed by atoms with Crippen molar-refractivity contribution >= 4 is 49.7 Å². The van der Waals surface area contributed by atoms with Crippen molar-refractivity contribution in [3.05, 3.63) is 71.5 Å². The van der Waals surface area contributed by atoms with Crippen molar-refractivity contribution in [2.75, 3.05) is 6.61 Å². The van der Waals surface area contributed by atoms with Gasteiger partial charge >= 0.3 is 5.97 Å². The first-order valence-corrected chi connectivity index (χ1v) is 14.0. The summed E-state index contributed by atoms with van der Waals surface area (Å²) >= 11 is 6.46. The minimum atomic E-state index is -4.07. The van der Waals surface area contributed by atoms with E-state index in [-0.39, 0.29) is 45.9 Å². The van der Waals surface area contributed by atoms with Crippen LogP contribution in [0, 0.1) is 18.7 Å². The third-order valence-electron chi connectivity index (χ3n) is 6.74. The Hall–Kier alpha value is -3.83. The fraction of sp³-hybridized carbons (Fsp3) is 0.259. The Balaban J connectivity index is 1.69. The number of benzene rings is 1. The third kappa shape index (κ3) is 4.65. The van der Waals surface area contributed by atoms with Gasteiger partial charge in [0.05, 0.1) is 34.0 Å². The Kier molecular flexibility index (Phi) is 6.90. The fourth-order valence-electron chi connectivity index (χ4n) is 4.38. The van der Waals surface area contributed by atoms with E-state index in [0.717, 1.165) is 15.7 Å². The fourth-order valence-corrected chi connectivity index (χ4v) is 5.94. The zero-order valence-corrected chi connectivity index (χ0v) is 23.2. The number of nitrogens with zero attached hydrogens (tertiary/aromatic N) is 5. The highest BCUT2D eigenvalue weighted by Crippen LogP contribution is 2.34. The van der Waals surface area contributed by atoms with Gasteiger partial charge in [-0.3, -0.25) is 4.79 Å². The molecule has 0 saturated heterocycles. The molecule has 0 fully saturated rings. The number of rotatable bonds is 7. The molecule has 9 nitrogen and oxygen atoms in total. The molecule has 0 radical (unpaired) electrons. The molecule has 0 aliphatic heterocycles. The van der Waals surface area contributed by atoms with E-state index < -0.39 is 21.8 Å². The van der Waals surface area contributed by atoms with Gasteiger partial charge < -0.3 is 9.30 Å². The van der Waals surface area contributed by atoms with Crippen LogP contribution < -0.4 is 0 Å². The van der Waals surface area contributed by atoms with E-state index in [1.54, 1.807) is 36.7 Å². The summed E-state index contributed by atoms with van der Waals surface area (Å²) in [7, 11) is -4.07. The molecule has 5 rings (SSSR count).